The number of rotatable bonds is 1. The minimum Gasteiger partial charge on any atom is -0.274 e. The number of halogens is 1. The predicted molar refractivity (Wildman–Crippen MR) is 74.4 cm³/mol. The van der Waals surface area contributed by atoms with Crippen LogP contribution in [0.25, 0.3) is 0 Å². The van der Waals surface area contributed by atoms with Crippen molar-refractivity contribution in [3.63, 3.8) is 0 Å². The molecule has 2 aliphatic carbocycles. The number of amides is 2. The lowest BCUT2D eigenvalue weighted by molar-refractivity contribution is -0.123. The Labute approximate surface area is 119 Å². The van der Waals surface area contributed by atoms with Gasteiger partial charge in [0.2, 0.25) is 11.8 Å². The summed E-state index contributed by atoms with van der Waals surface area (Å²) in [6.45, 7) is 0. The van der Waals surface area contributed by atoms with Gasteiger partial charge in [0.25, 0.3) is 0 Å². The minimum atomic E-state index is -0.119. The zero-order valence-electron chi connectivity index (χ0n) is 10.1. The van der Waals surface area contributed by atoms with Crippen molar-refractivity contribution in [2.24, 2.45) is 23.7 Å². The van der Waals surface area contributed by atoms with Crippen LogP contribution in [0.1, 0.15) is 6.42 Å². The minimum absolute atomic E-state index is 0.0193. The second kappa shape index (κ2) is 3.79. The first-order chi connectivity index (χ1) is 9.16. The molecule has 1 heterocycles. The van der Waals surface area contributed by atoms with Gasteiger partial charge in [0.1, 0.15) is 0 Å². The van der Waals surface area contributed by atoms with Crippen LogP contribution in [0.4, 0.5) is 5.69 Å². The Bertz CT molecular complexity index is 577. The molecule has 3 nitrogen and oxygen atoms in total. The van der Waals surface area contributed by atoms with E-state index in [2.05, 4.69) is 28.1 Å². The Kier molecular flexibility index (Phi) is 2.28. The van der Waals surface area contributed by atoms with Crippen LogP contribution in [-0.4, -0.2) is 11.8 Å². The Balaban J connectivity index is 1.74. The molecule has 19 heavy (non-hydrogen) atoms. The number of fused-ring (bicyclic) bond motifs is 5. The van der Waals surface area contributed by atoms with Crippen molar-refractivity contribution in [2.45, 2.75) is 6.42 Å². The maximum absolute atomic E-state index is 12.5. The van der Waals surface area contributed by atoms with Gasteiger partial charge in [-0.15, -0.1) is 0 Å². The lowest BCUT2D eigenvalue weighted by Gasteiger charge is -2.17. The largest absolute Gasteiger partial charge is 0.274 e. The highest BCUT2D eigenvalue weighted by Gasteiger charge is 2.59. The monoisotopic (exact) mass is 317 g/mol. The zero-order chi connectivity index (χ0) is 13.1. The molecule has 0 aromatic heterocycles. The van der Waals surface area contributed by atoms with Gasteiger partial charge in [-0.3, -0.25) is 14.5 Å². The maximum Gasteiger partial charge on any atom is 0.238 e. The van der Waals surface area contributed by atoms with E-state index < -0.39 is 0 Å². The molecule has 96 valence electrons. The average Bonchev–Trinajstić information content (AvgIpc) is 3.06. The van der Waals surface area contributed by atoms with Crippen molar-refractivity contribution in [1.29, 1.82) is 0 Å². The van der Waals surface area contributed by atoms with Crippen LogP contribution < -0.4 is 4.90 Å². The van der Waals surface area contributed by atoms with Crippen LogP contribution in [0.3, 0.4) is 0 Å². The van der Waals surface area contributed by atoms with Gasteiger partial charge in [0.15, 0.2) is 0 Å². The van der Waals surface area contributed by atoms with Gasteiger partial charge in [-0.05, 0) is 42.5 Å². The van der Waals surface area contributed by atoms with Crippen molar-refractivity contribution in [3.05, 3.63) is 40.9 Å². The number of nitrogens with zero attached hydrogens (tertiary/aromatic N) is 1. The summed E-state index contributed by atoms with van der Waals surface area (Å²) >= 11 is 3.36. The average molecular weight is 318 g/mol. The number of carbonyl (C=O) groups excluding carboxylic acids is 2. The lowest BCUT2D eigenvalue weighted by Crippen LogP contribution is -2.32. The topological polar surface area (TPSA) is 37.4 Å². The maximum atomic E-state index is 12.5. The summed E-state index contributed by atoms with van der Waals surface area (Å²) in [7, 11) is 0. The molecule has 2 amide bonds. The van der Waals surface area contributed by atoms with Crippen LogP contribution in [0.15, 0.2) is 40.9 Å². The number of benzene rings is 1. The van der Waals surface area contributed by atoms with Gasteiger partial charge >= 0.3 is 0 Å². The molecular weight excluding hydrogens is 306 g/mol. The molecule has 1 aliphatic heterocycles. The van der Waals surface area contributed by atoms with Crippen molar-refractivity contribution in [3.8, 4) is 0 Å². The SMILES string of the molecule is O=C1[C@@H]2[C@H](C(=O)N1c1ccc(Br)cc1)[C@@H]1C=C[C@@H]2C1. The smallest absolute Gasteiger partial charge is 0.238 e. The third-order valence-electron chi connectivity index (χ3n) is 4.56. The van der Waals surface area contributed by atoms with Crippen LogP contribution in [0.2, 0.25) is 0 Å². The molecule has 0 unspecified atom stereocenters. The highest BCUT2D eigenvalue weighted by atomic mass is 79.9. The van der Waals surface area contributed by atoms with Crippen LogP contribution >= 0.6 is 15.9 Å². The quantitative estimate of drug-likeness (QED) is 0.590. The van der Waals surface area contributed by atoms with E-state index >= 15 is 0 Å². The molecule has 1 aromatic carbocycles. The van der Waals surface area contributed by atoms with Crippen LogP contribution in [-0.2, 0) is 9.59 Å². The number of hydrogen-bond acceptors (Lipinski definition) is 2. The van der Waals surface area contributed by atoms with Crippen LogP contribution in [0, 0.1) is 23.7 Å². The molecule has 4 atom stereocenters. The Morgan fingerprint density at radius 3 is 2.00 bits per heavy atom. The summed E-state index contributed by atoms with van der Waals surface area (Å²) < 4.78 is 0.942. The Morgan fingerprint density at radius 1 is 0.947 bits per heavy atom. The summed E-state index contributed by atoms with van der Waals surface area (Å²) in [5, 5.41) is 0. The van der Waals surface area contributed by atoms with Crippen molar-refractivity contribution >= 4 is 33.4 Å². The molecule has 1 saturated carbocycles. The molecule has 1 saturated heterocycles. The van der Waals surface area contributed by atoms with Crippen molar-refractivity contribution in [1.82, 2.24) is 0 Å². The summed E-state index contributed by atoms with van der Waals surface area (Å²) in [5.74, 6) is 0.263. The first-order valence-electron chi connectivity index (χ1n) is 6.48. The van der Waals surface area contributed by atoms with Crippen LogP contribution in [0.5, 0.6) is 0 Å². The zero-order valence-corrected chi connectivity index (χ0v) is 11.7. The fourth-order valence-corrected chi connectivity index (χ4v) is 4.01. The van der Waals surface area contributed by atoms with Gasteiger partial charge in [-0.2, -0.15) is 0 Å². The van der Waals surface area contributed by atoms with E-state index in [-0.39, 0.29) is 35.5 Å². The third-order valence-corrected chi connectivity index (χ3v) is 5.08. The van der Waals surface area contributed by atoms with Gasteiger partial charge in [-0.25, -0.2) is 0 Å². The van der Waals surface area contributed by atoms with E-state index in [4.69, 9.17) is 0 Å². The first kappa shape index (κ1) is 11.4. The van der Waals surface area contributed by atoms with E-state index in [9.17, 15) is 9.59 Å². The number of allylic oxidation sites excluding steroid dienone is 2. The molecule has 1 aromatic rings. The highest BCUT2D eigenvalue weighted by molar-refractivity contribution is 9.10. The van der Waals surface area contributed by atoms with Gasteiger partial charge in [0, 0.05) is 4.47 Å². The van der Waals surface area contributed by atoms with Crippen molar-refractivity contribution in [2.75, 3.05) is 4.90 Å². The summed E-state index contributed by atoms with van der Waals surface area (Å²) in [5.41, 5.74) is 0.687. The molecular formula is C15H12BrNO2. The van der Waals surface area contributed by atoms with Gasteiger partial charge < -0.3 is 0 Å². The Hall–Kier alpha value is -1.42. The Morgan fingerprint density at radius 2 is 1.47 bits per heavy atom. The molecule has 0 radical (unpaired) electrons. The van der Waals surface area contributed by atoms with E-state index in [1.165, 1.54) is 4.90 Å². The van der Waals surface area contributed by atoms with E-state index in [1.807, 2.05) is 24.3 Å². The summed E-state index contributed by atoms with van der Waals surface area (Å²) in [6, 6.07) is 7.35. The third kappa shape index (κ3) is 1.43. The number of anilines is 1. The first-order valence-corrected chi connectivity index (χ1v) is 7.28. The molecule has 2 fully saturated rings. The fourth-order valence-electron chi connectivity index (χ4n) is 3.75. The standard InChI is InChI=1S/C15H12BrNO2/c16-10-3-5-11(6-4-10)17-14(18)12-8-1-2-9(7-8)13(12)15(17)19/h1-6,8-9,12-13H,7H2/t8-,9-,12-,13+/m1/s1. The van der Waals surface area contributed by atoms with Crippen molar-refractivity contribution < 1.29 is 9.59 Å². The van der Waals surface area contributed by atoms with E-state index in [0.29, 0.717) is 5.69 Å². The predicted octanol–water partition coefficient (Wildman–Crippen LogP) is 2.76. The molecule has 4 rings (SSSR count). The second-order valence-corrected chi connectivity index (χ2v) is 6.40. The number of hydrogen-bond donors (Lipinski definition) is 0. The number of carbonyl (C=O) groups is 2. The van der Waals surface area contributed by atoms with E-state index in [1.54, 1.807) is 0 Å². The summed E-state index contributed by atoms with van der Waals surface area (Å²) in [4.78, 5) is 26.4. The molecule has 0 N–H and O–H groups in total. The molecule has 4 heteroatoms. The van der Waals surface area contributed by atoms with Gasteiger partial charge in [-0.1, -0.05) is 28.1 Å². The molecule has 2 bridgehead atoms. The van der Waals surface area contributed by atoms with E-state index in [0.717, 1.165) is 10.9 Å². The normalized spacial score (nSPS) is 35.3. The fraction of sp³-hybridized carbons (Fsp3) is 0.333. The molecule has 0 spiro atoms. The lowest BCUT2D eigenvalue weighted by atomic mass is 9.85. The highest BCUT2D eigenvalue weighted by Crippen LogP contribution is 2.53. The molecule has 3 aliphatic rings. The summed E-state index contributed by atoms with van der Waals surface area (Å²) in [6.07, 6.45) is 5.20. The van der Waals surface area contributed by atoms with Gasteiger partial charge in [0.05, 0.1) is 17.5 Å². The second-order valence-electron chi connectivity index (χ2n) is 5.49. The number of imide groups is 1.